The van der Waals surface area contributed by atoms with Gasteiger partial charge in [0.25, 0.3) is 0 Å². The van der Waals surface area contributed by atoms with E-state index in [9.17, 15) is 14.9 Å². The monoisotopic (exact) mass is 261 g/mol. The number of fused-ring (bicyclic) bond motifs is 1. The Morgan fingerprint density at radius 1 is 1.37 bits per heavy atom. The van der Waals surface area contributed by atoms with E-state index in [1.807, 2.05) is 13.8 Å². The second kappa shape index (κ2) is 3.57. The Morgan fingerprint density at radius 3 is 2.26 bits per heavy atom. The summed E-state index contributed by atoms with van der Waals surface area (Å²) >= 11 is 0. The van der Waals surface area contributed by atoms with Crippen LogP contribution in [0.15, 0.2) is 0 Å². The van der Waals surface area contributed by atoms with Crippen LogP contribution in [0.3, 0.4) is 0 Å². The predicted molar refractivity (Wildman–Crippen MR) is 67.6 cm³/mol. The van der Waals surface area contributed by atoms with Gasteiger partial charge in [0.1, 0.15) is 5.54 Å². The first kappa shape index (κ1) is 12.6. The van der Waals surface area contributed by atoms with Gasteiger partial charge in [0.15, 0.2) is 0 Å². The number of hydrogen-bond acceptors (Lipinski definition) is 4. The Kier molecular flexibility index (Phi) is 2.37. The number of imide groups is 1. The zero-order valence-corrected chi connectivity index (χ0v) is 11.6. The fourth-order valence-corrected chi connectivity index (χ4v) is 3.58. The molecule has 0 aromatic heterocycles. The van der Waals surface area contributed by atoms with Crippen LogP contribution in [-0.4, -0.2) is 35.8 Å². The molecule has 2 amide bonds. The van der Waals surface area contributed by atoms with Crippen LogP contribution in [0.2, 0.25) is 0 Å². The molecule has 3 fully saturated rings. The molecular weight excluding hydrogens is 242 g/mol. The van der Waals surface area contributed by atoms with Crippen molar-refractivity contribution in [3.05, 3.63) is 0 Å². The molecule has 0 aromatic rings. The van der Waals surface area contributed by atoms with Crippen molar-refractivity contribution in [2.24, 2.45) is 23.2 Å². The summed E-state index contributed by atoms with van der Waals surface area (Å²) in [7, 11) is 1.73. The lowest BCUT2D eigenvalue weighted by molar-refractivity contribution is -0.144. The first-order valence-corrected chi connectivity index (χ1v) is 6.84. The summed E-state index contributed by atoms with van der Waals surface area (Å²) in [5.74, 6) is -0.237. The third kappa shape index (κ3) is 1.50. The van der Waals surface area contributed by atoms with Crippen LogP contribution in [-0.2, 0) is 9.59 Å². The van der Waals surface area contributed by atoms with Gasteiger partial charge in [0.2, 0.25) is 11.8 Å². The van der Waals surface area contributed by atoms with Crippen molar-refractivity contribution in [3.63, 3.8) is 0 Å². The number of likely N-dealkylation sites (tertiary alicyclic amines) is 1. The lowest BCUT2D eigenvalue weighted by Crippen LogP contribution is -2.55. The van der Waals surface area contributed by atoms with Crippen molar-refractivity contribution < 1.29 is 9.59 Å². The molecule has 2 saturated carbocycles. The highest BCUT2D eigenvalue weighted by atomic mass is 16.2. The molecular formula is C14H19N3O2. The number of carbonyl (C=O) groups excluding carboxylic acids is 2. The number of carbonyl (C=O) groups is 2. The molecule has 1 saturated heterocycles. The van der Waals surface area contributed by atoms with Crippen molar-refractivity contribution in [2.75, 3.05) is 13.6 Å². The lowest BCUT2D eigenvalue weighted by atomic mass is 9.93. The quantitative estimate of drug-likeness (QED) is 0.749. The molecule has 3 aliphatic rings. The van der Waals surface area contributed by atoms with Crippen LogP contribution < -0.4 is 5.32 Å². The molecule has 1 N–H and O–H groups in total. The molecule has 0 radical (unpaired) electrons. The van der Waals surface area contributed by atoms with Gasteiger partial charge in [-0.1, -0.05) is 13.8 Å². The number of nitrogens with zero attached hydrogens (tertiary/aromatic N) is 2. The van der Waals surface area contributed by atoms with Crippen LogP contribution in [0.1, 0.15) is 26.7 Å². The minimum absolute atomic E-state index is 0.0875. The van der Waals surface area contributed by atoms with E-state index in [4.69, 9.17) is 0 Å². The number of likely N-dealkylation sites (N-methyl/N-ethyl adjacent to an activating group) is 1. The van der Waals surface area contributed by atoms with E-state index in [-0.39, 0.29) is 41.5 Å². The molecule has 5 heteroatoms. The molecule has 3 rings (SSSR count). The van der Waals surface area contributed by atoms with E-state index in [0.717, 1.165) is 12.8 Å². The number of hydrogen-bond donors (Lipinski definition) is 1. The molecule has 0 spiro atoms. The molecule has 5 nitrogen and oxygen atoms in total. The van der Waals surface area contributed by atoms with Crippen LogP contribution in [0.5, 0.6) is 0 Å². The lowest BCUT2D eigenvalue weighted by Gasteiger charge is -2.31. The van der Waals surface area contributed by atoms with Gasteiger partial charge in [-0.15, -0.1) is 0 Å². The number of nitriles is 1. The van der Waals surface area contributed by atoms with E-state index in [1.165, 1.54) is 4.90 Å². The van der Waals surface area contributed by atoms with Gasteiger partial charge >= 0.3 is 0 Å². The van der Waals surface area contributed by atoms with Crippen molar-refractivity contribution in [1.82, 2.24) is 10.2 Å². The third-order valence-corrected chi connectivity index (χ3v) is 5.22. The average molecular weight is 261 g/mol. The Balaban J connectivity index is 1.80. The van der Waals surface area contributed by atoms with Gasteiger partial charge in [0.05, 0.1) is 24.4 Å². The fourth-order valence-electron chi connectivity index (χ4n) is 3.58. The van der Waals surface area contributed by atoms with Crippen LogP contribution >= 0.6 is 0 Å². The van der Waals surface area contributed by atoms with Crippen molar-refractivity contribution >= 4 is 11.8 Å². The summed E-state index contributed by atoms with van der Waals surface area (Å²) in [4.78, 5) is 25.9. The first-order valence-electron chi connectivity index (χ1n) is 6.84. The maximum absolute atomic E-state index is 12.3. The average Bonchev–Trinajstić information content (AvgIpc) is 3.25. The molecule has 1 aliphatic heterocycles. The van der Waals surface area contributed by atoms with Gasteiger partial charge in [0, 0.05) is 0 Å². The normalized spacial score (nSPS) is 34.7. The molecule has 102 valence electrons. The second-order valence-electron chi connectivity index (χ2n) is 6.65. The highest BCUT2D eigenvalue weighted by Gasteiger charge is 2.73. The summed E-state index contributed by atoms with van der Waals surface area (Å²) in [6.45, 7) is 4.13. The van der Waals surface area contributed by atoms with Gasteiger partial charge in [-0.2, -0.15) is 5.26 Å². The zero-order valence-electron chi connectivity index (χ0n) is 11.6. The molecule has 3 unspecified atom stereocenters. The van der Waals surface area contributed by atoms with Gasteiger partial charge in [-0.05, 0) is 31.2 Å². The van der Waals surface area contributed by atoms with E-state index in [0.29, 0.717) is 0 Å². The Labute approximate surface area is 112 Å². The topological polar surface area (TPSA) is 73.2 Å². The number of rotatable bonds is 4. The summed E-state index contributed by atoms with van der Waals surface area (Å²) in [6.07, 6.45) is 1.98. The molecule has 3 atom stereocenters. The van der Waals surface area contributed by atoms with Crippen LogP contribution in [0.25, 0.3) is 0 Å². The Hall–Kier alpha value is -1.41. The standard InChI is InChI=1S/C14H19N3O2/c1-13(2)9-10(13)12(19)17(11(9)18)7-14(6-15,16-3)8-4-5-8/h8-10,16H,4-5,7H2,1-3H3. The van der Waals surface area contributed by atoms with Crippen LogP contribution in [0.4, 0.5) is 0 Å². The van der Waals surface area contributed by atoms with Crippen molar-refractivity contribution in [3.8, 4) is 6.07 Å². The SMILES string of the molecule is CNC(C#N)(CN1C(=O)C2C(C1=O)C2(C)C)C1CC1. The predicted octanol–water partition coefficient (Wildman–Crippen LogP) is 0.519. The molecule has 0 bridgehead atoms. The summed E-state index contributed by atoms with van der Waals surface area (Å²) < 4.78 is 0. The first-order chi connectivity index (χ1) is 8.89. The maximum atomic E-state index is 12.3. The largest absolute Gasteiger partial charge is 0.301 e. The van der Waals surface area contributed by atoms with E-state index in [1.54, 1.807) is 7.05 Å². The van der Waals surface area contributed by atoms with Gasteiger partial charge in [-0.3, -0.25) is 14.5 Å². The summed E-state index contributed by atoms with van der Waals surface area (Å²) in [6, 6.07) is 2.29. The third-order valence-electron chi connectivity index (χ3n) is 5.22. The number of piperidine rings is 1. The van der Waals surface area contributed by atoms with E-state index < -0.39 is 5.54 Å². The van der Waals surface area contributed by atoms with Gasteiger partial charge in [-0.25, -0.2) is 0 Å². The second-order valence-corrected chi connectivity index (χ2v) is 6.65. The smallest absolute Gasteiger partial charge is 0.233 e. The Morgan fingerprint density at radius 2 is 1.89 bits per heavy atom. The Bertz CT molecular complexity index is 479. The van der Waals surface area contributed by atoms with E-state index in [2.05, 4.69) is 11.4 Å². The molecule has 1 heterocycles. The van der Waals surface area contributed by atoms with Crippen molar-refractivity contribution in [2.45, 2.75) is 32.2 Å². The zero-order chi connectivity index (χ0) is 14.0. The minimum Gasteiger partial charge on any atom is -0.301 e. The molecule has 19 heavy (non-hydrogen) atoms. The molecule has 2 aliphatic carbocycles. The summed E-state index contributed by atoms with van der Waals surface area (Å²) in [5, 5.41) is 12.5. The summed E-state index contributed by atoms with van der Waals surface area (Å²) in [5.41, 5.74) is -0.939. The highest BCUT2D eigenvalue weighted by molar-refractivity contribution is 6.10. The number of amides is 2. The highest BCUT2D eigenvalue weighted by Crippen LogP contribution is 2.63. The number of nitrogens with one attached hydrogen (secondary N) is 1. The molecule has 0 aromatic carbocycles. The minimum atomic E-state index is -0.758. The fraction of sp³-hybridized carbons (Fsp3) is 0.786. The maximum Gasteiger partial charge on any atom is 0.233 e. The van der Waals surface area contributed by atoms with Gasteiger partial charge < -0.3 is 5.32 Å². The van der Waals surface area contributed by atoms with Crippen LogP contribution in [0, 0.1) is 34.5 Å². The van der Waals surface area contributed by atoms with Crippen molar-refractivity contribution in [1.29, 1.82) is 5.26 Å². The van der Waals surface area contributed by atoms with E-state index >= 15 is 0 Å².